The van der Waals surface area contributed by atoms with E-state index in [0.717, 1.165) is 68.5 Å². The molecule has 0 atom stereocenters. The van der Waals surface area contributed by atoms with Gasteiger partial charge in [-0.1, -0.05) is 37.9 Å². The zero-order valence-electron chi connectivity index (χ0n) is 22.2. The van der Waals surface area contributed by atoms with Crippen molar-refractivity contribution >= 4 is 16.9 Å². The molecule has 1 aromatic rings. The molecule has 0 unspecified atom stereocenters. The van der Waals surface area contributed by atoms with Crippen LogP contribution >= 0.6 is 0 Å². The maximum absolute atomic E-state index is 11.9. The molecule has 0 saturated carbocycles. The first-order chi connectivity index (χ1) is 18.4. The van der Waals surface area contributed by atoms with Crippen LogP contribution in [-0.4, -0.2) is 13.1 Å². The lowest BCUT2D eigenvalue weighted by molar-refractivity contribution is 0.526. The first-order valence-corrected chi connectivity index (χ1v) is 13.6. The summed E-state index contributed by atoms with van der Waals surface area (Å²) in [6.45, 7) is 6.00. The molecule has 38 heavy (non-hydrogen) atoms. The van der Waals surface area contributed by atoms with E-state index in [1.165, 1.54) is 28.1 Å². The number of nitrogens with two attached hydrogens (primary N) is 1. The van der Waals surface area contributed by atoms with Gasteiger partial charge in [0.15, 0.2) is 5.43 Å². The van der Waals surface area contributed by atoms with Gasteiger partial charge in [-0.2, -0.15) is 0 Å². The summed E-state index contributed by atoms with van der Waals surface area (Å²) >= 11 is 0. The third kappa shape index (κ3) is 5.07. The van der Waals surface area contributed by atoms with Gasteiger partial charge in [0.05, 0.1) is 0 Å². The number of anilines is 2. The molecule has 5 rings (SSSR count). The number of nitrogen functional groups attached to an aromatic ring is 1. The fourth-order valence-electron chi connectivity index (χ4n) is 5.81. The van der Waals surface area contributed by atoms with Crippen molar-refractivity contribution in [3.8, 4) is 11.3 Å². The molecule has 7 heteroatoms. The molecule has 2 N–H and O–H groups in total. The van der Waals surface area contributed by atoms with E-state index in [9.17, 15) is 4.79 Å². The highest BCUT2D eigenvalue weighted by Gasteiger charge is 2.39. The van der Waals surface area contributed by atoms with Crippen LogP contribution in [0.3, 0.4) is 0 Å². The lowest BCUT2D eigenvalue weighted by Crippen LogP contribution is -2.27. The molecular weight excluding hydrogens is 474 g/mol. The van der Waals surface area contributed by atoms with Crippen molar-refractivity contribution in [2.45, 2.75) is 64.2 Å². The number of nitrogens with zero attached hydrogens (tertiary/aromatic N) is 4. The average Bonchev–Trinajstić information content (AvgIpc) is 3.10. The molecule has 0 saturated heterocycles. The summed E-state index contributed by atoms with van der Waals surface area (Å²) in [4.78, 5) is 17.2. The Bertz CT molecular complexity index is 1480. The van der Waals surface area contributed by atoms with Crippen LogP contribution in [0.25, 0.3) is 27.3 Å². The number of aryl methyl sites for hydroxylation is 1. The molecular formula is C31H35N5O2. The van der Waals surface area contributed by atoms with Crippen LogP contribution in [-0.2, 0) is 11.8 Å². The average molecular weight is 510 g/mol. The van der Waals surface area contributed by atoms with Gasteiger partial charge in [0.2, 0.25) is 0 Å². The quantitative estimate of drug-likeness (QED) is 0.111. The van der Waals surface area contributed by atoms with Crippen molar-refractivity contribution in [1.29, 1.82) is 0 Å². The number of hydrogen-bond donors (Lipinski definition) is 1. The Hall–Kier alpha value is -3.96. The van der Waals surface area contributed by atoms with Gasteiger partial charge in [0.25, 0.3) is 0 Å². The van der Waals surface area contributed by atoms with Crippen molar-refractivity contribution in [1.82, 2.24) is 0 Å². The molecule has 196 valence electrons. The minimum Gasteiger partial charge on any atom is -0.456 e. The molecule has 0 spiro atoms. The fourth-order valence-corrected chi connectivity index (χ4v) is 5.81. The number of hydrogen-bond acceptors (Lipinski definition) is 5. The predicted molar refractivity (Wildman–Crippen MR) is 154 cm³/mol. The second kappa shape index (κ2) is 10.8. The number of azide groups is 1. The number of rotatable bonds is 8. The molecule has 2 aliphatic heterocycles. The summed E-state index contributed by atoms with van der Waals surface area (Å²) in [6.07, 6.45) is 11.6. The molecule has 0 amide bonds. The smallest absolute Gasteiger partial charge is 0.182 e. The van der Waals surface area contributed by atoms with Gasteiger partial charge in [-0.3, -0.25) is 4.79 Å². The first kappa shape index (κ1) is 25.7. The first-order valence-electron chi connectivity index (χ1n) is 13.6. The van der Waals surface area contributed by atoms with E-state index in [-0.39, 0.29) is 10.8 Å². The van der Waals surface area contributed by atoms with Gasteiger partial charge in [-0.15, -0.1) is 0 Å². The van der Waals surface area contributed by atoms with Crippen LogP contribution in [0.5, 0.6) is 0 Å². The molecule has 0 bridgehead atoms. The highest BCUT2D eigenvalue weighted by atomic mass is 16.3. The highest BCUT2D eigenvalue weighted by Crippen LogP contribution is 2.49. The Balaban J connectivity index is 1.47. The van der Waals surface area contributed by atoms with E-state index in [1.807, 2.05) is 12.1 Å². The Morgan fingerprint density at radius 1 is 1.08 bits per heavy atom. The van der Waals surface area contributed by atoms with Crippen LogP contribution in [0.15, 0.2) is 74.6 Å². The van der Waals surface area contributed by atoms with Gasteiger partial charge in [0, 0.05) is 52.1 Å². The van der Waals surface area contributed by atoms with Crippen molar-refractivity contribution in [2.75, 3.05) is 23.7 Å². The van der Waals surface area contributed by atoms with Gasteiger partial charge < -0.3 is 15.1 Å². The zero-order chi connectivity index (χ0) is 26.7. The summed E-state index contributed by atoms with van der Waals surface area (Å²) in [5, 5.41) is 3.64. The Morgan fingerprint density at radius 3 is 2.76 bits per heavy atom. The lowest BCUT2D eigenvalue weighted by Gasteiger charge is -2.27. The lowest BCUT2D eigenvalue weighted by atomic mass is 9.83. The molecule has 7 nitrogen and oxygen atoms in total. The number of allylic oxidation sites excluding steroid dienone is 4. The van der Waals surface area contributed by atoms with Crippen LogP contribution < -0.4 is 16.1 Å². The summed E-state index contributed by atoms with van der Waals surface area (Å²) in [7, 11) is 0. The van der Waals surface area contributed by atoms with E-state index in [0.29, 0.717) is 12.3 Å². The summed E-state index contributed by atoms with van der Waals surface area (Å²) < 4.78 is 6.31. The fraction of sp³-hybridized carbons (Fsp3) is 0.387. The van der Waals surface area contributed by atoms with Crippen LogP contribution in [0, 0.1) is 0 Å². The number of fused-ring (bicyclic) bond motifs is 3. The number of unbranched alkanes of at least 4 members (excludes halogenated alkanes) is 3. The van der Waals surface area contributed by atoms with Crippen LogP contribution in [0.4, 0.5) is 11.4 Å². The van der Waals surface area contributed by atoms with Gasteiger partial charge in [-0.05, 0) is 96.8 Å². The zero-order valence-corrected chi connectivity index (χ0v) is 22.2. The van der Waals surface area contributed by atoms with E-state index in [4.69, 9.17) is 15.7 Å². The molecule has 4 aliphatic rings. The molecule has 0 aromatic heterocycles. The van der Waals surface area contributed by atoms with Gasteiger partial charge >= 0.3 is 0 Å². The largest absolute Gasteiger partial charge is 0.456 e. The minimum atomic E-state index is -0.196. The van der Waals surface area contributed by atoms with Crippen molar-refractivity contribution in [3.05, 3.63) is 97.9 Å². The standard InChI is InChI=1S/C31H35N5O2/c1-31(2)26-19-24(32)12-14-27(26)36(17-6-4-3-5-16-34-35-33)29(31)15-11-21-8-7-9-23-18-22-10-13-25(37)20-28(22)38-30(21)23/h10-15,18-20H,3-9,16-17,32H2,1-2H3. The third-order valence-electron chi connectivity index (χ3n) is 7.81. The van der Waals surface area contributed by atoms with E-state index >= 15 is 0 Å². The Morgan fingerprint density at radius 2 is 1.92 bits per heavy atom. The van der Waals surface area contributed by atoms with Gasteiger partial charge in [-0.25, -0.2) is 0 Å². The Labute approximate surface area is 223 Å². The second-order valence-electron chi connectivity index (χ2n) is 10.8. The van der Waals surface area contributed by atoms with Crippen LogP contribution in [0.1, 0.15) is 69.3 Å². The van der Waals surface area contributed by atoms with Crippen molar-refractivity contribution in [3.63, 3.8) is 0 Å². The Kier molecular flexibility index (Phi) is 7.30. The van der Waals surface area contributed by atoms with E-state index in [2.05, 4.69) is 59.1 Å². The molecule has 1 aromatic carbocycles. The van der Waals surface area contributed by atoms with Gasteiger partial charge in [0.1, 0.15) is 11.5 Å². The normalized spacial score (nSPS) is 18.0. The maximum Gasteiger partial charge on any atom is 0.182 e. The second-order valence-corrected chi connectivity index (χ2v) is 10.8. The summed E-state index contributed by atoms with van der Waals surface area (Å²) in [6, 6.07) is 13.4. The predicted octanol–water partition coefficient (Wildman–Crippen LogP) is 7.60. The van der Waals surface area contributed by atoms with E-state index in [1.54, 1.807) is 12.1 Å². The molecule has 0 radical (unpaired) electrons. The SMILES string of the molecule is CC1(C)C(=CC=C2CCCc3cc4ccc(=O)cc-4oc32)N(CCCCCCN=[N+]=[N-])c2ccc(N)cc21. The number of benzene rings is 2. The highest BCUT2D eigenvalue weighted by molar-refractivity contribution is 5.75. The minimum absolute atomic E-state index is 0.0390. The van der Waals surface area contributed by atoms with Crippen molar-refractivity contribution < 1.29 is 4.42 Å². The summed E-state index contributed by atoms with van der Waals surface area (Å²) in [5.41, 5.74) is 22.3. The molecule has 0 fully saturated rings. The maximum atomic E-state index is 11.9. The van der Waals surface area contributed by atoms with E-state index < -0.39 is 0 Å². The summed E-state index contributed by atoms with van der Waals surface area (Å²) in [5.74, 6) is 1.54. The third-order valence-corrected chi connectivity index (χ3v) is 7.81. The van der Waals surface area contributed by atoms with Crippen molar-refractivity contribution in [2.24, 2.45) is 5.11 Å². The molecule has 2 aliphatic carbocycles. The van der Waals surface area contributed by atoms with Crippen LogP contribution in [0.2, 0.25) is 0 Å². The monoisotopic (exact) mass is 509 g/mol. The molecule has 2 heterocycles. The topological polar surface area (TPSA) is 108 Å².